The summed E-state index contributed by atoms with van der Waals surface area (Å²) in [7, 11) is 0. The molecule has 5 nitrogen and oxygen atoms in total. The van der Waals surface area contributed by atoms with Gasteiger partial charge in [0, 0.05) is 30.1 Å². The topological polar surface area (TPSA) is 50.2 Å². The number of nitrogens with zero attached hydrogens (tertiary/aromatic N) is 3. The summed E-state index contributed by atoms with van der Waals surface area (Å²) >= 11 is 12.4. The predicted octanol–water partition coefficient (Wildman–Crippen LogP) is 5.05. The molecule has 156 valence electrons. The highest BCUT2D eigenvalue weighted by molar-refractivity contribution is 6.35. The number of carbonyl (C=O) groups excluding carboxylic acids is 1. The van der Waals surface area contributed by atoms with Gasteiger partial charge in [0.2, 0.25) is 0 Å². The number of benzene rings is 1. The number of likely N-dealkylation sites (tertiary alicyclic amines) is 1. The van der Waals surface area contributed by atoms with Gasteiger partial charge in [0.1, 0.15) is 0 Å². The van der Waals surface area contributed by atoms with Crippen LogP contribution in [0.25, 0.3) is 5.69 Å². The number of rotatable bonds is 7. The maximum absolute atomic E-state index is 13.1. The van der Waals surface area contributed by atoms with Gasteiger partial charge in [0.15, 0.2) is 0 Å². The van der Waals surface area contributed by atoms with Gasteiger partial charge in [-0.05, 0) is 56.8 Å². The largest absolute Gasteiger partial charge is 0.349 e. The van der Waals surface area contributed by atoms with Crippen molar-refractivity contribution in [3.63, 3.8) is 0 Å². The monoisotopic (exact) mass is 434 g/mol. The first kappa shape index (κ1) is 20.7. The van der Waals surface area contributed by atoms with Crippen molar-refractivity contribution in [1.82, 2.24) is 20.0 Å². The van der Waals surface area contributed by atoms with E-state index in [1.165, 1.54) is 12.8 Å². The number of carbonyl (C=O) groups is 1. The number of piperidine rings is 1. The van der Waals surface area contributed by atoms with Crippen molar-refractivity contribution in [3.8, 4) is 5.69 Å². The minimum Gasteiger partial charge on any atom is -0.349 e. The van der Waals surface area contributed by atoms with Crippen molar-refractivity contribution in [2.45, 2.75) is 57.4 Å². The standard InChI is InChI=1S/C22H28Cl2N4O/c1-2-3-10-27-11-8-17(9-12-27)26-22(29)18-14-25-28(21(18)15-4-5-15)20-7-6-16(23)13-19(20)24/h6-7,13-15,17H,2-5,8-12H2,1H3,(H,26,29). The van der Waals surface area contributed by atoms with E-state index in [4.69, 9.17) is 23.2 Å². The molecule has 0 radical (unpaired) electrons. The van der Waals surface area contributed by atoms with Gasteiger partial charge >= 0.3 is 0 Å². The van der Waals surface area contributed by atoms with Crippen LogP contribution in [0.4, 0.5) is 0 Å². The zero-order chi connectivity index (χ0) is 20.4. The number of hydrogen-bond donors (Lipinski definition) is 1. The molecule has 1 saturated carbocycles. The van der Waals surface area contributed by atoms with Gasteiger partial charge in [-0.1, -0.05) is 36.5 Å². The summed E-state index contributed by atoms with van der Waals surface area (Å²) in [6.45, 7) is 5.50. The van der Waals surface area contributed by atoms with E-state index >= 15 is 0 Å². The second-order valence-corrected chi connectivity index (χ2v) is 9.01. The third-order valence-corrected chi connectivity index (χ3v) is 6.44. The molecule has 2 aromatic rings. The van der Waals surface area contributed by atoms with E-state index in [1.807, 2.05) is 10.7 Å². The highest BCUT2D eigenvalue weighted by Gasteiger charge is 2.34. The Morgan fingerprint density at radius 2 is 1.97 bits per heavy atom. The maximum atomic E-state index is 13.1. The molecule has 1 aromatic carbocycles. The quantitative estimate of drug-likeness (QED) is 0.662. The van der Waals surface area contributed by atoms with Gasteiger partial charge in [0.05, 0.1) is 28.2 Å². The Labute approximate surface area is 182 Å². The second kappa shape index (κ2) is 9.07. The maximum Gasteiger partial charge on any atom is 0.255 e. The van der Waals surface area contributed by atoms with Crippen LogP contribution in [0.2, 0.25) is 10.0 Å². The Morgan fingerprint density at radius 1 is 1.21 bits per heavy atom. The number of hydrogen-bond acceptors (Lipinski definition) is 3. The summed E-state index contributed by atoms with van der Waals surface area (Å²) in [5.41, 5.74) is 2.40. The highest BCUT2D eigenvalue weighted by Crippen LogP contribution is 2.43. The first-order chi connectivity index (χ1) is 14.1. The molecule has 2 fully saturated rings. The molecule has 4 rings (SSSR count). The van der Waals surface area contributed by atoms with Crippen molar-refractivity contribution >= 4 is 29.1 Å². The molecule has 7 heteroatoms. The first-order valence-corrected chi connectivity index (χ1v) is 11.4. The molecule has 1 N–H and O–H groups in total. The van der Waals surface area contributed by atoms with Gasteiger partial charge in [-0.25, -0.2) is 4.68 Å². The summed E-state index contributed by atoms with van der Waals surface area (Å²) in [6, 6.07) is 5.60. The zero-order valence-corrected chi connectivity index (χ0v) is 18.3. The van der Waals surface area contributed by atoms with E-state index < -0.39 is 0 Å². The Kier molecular flexibility index (Phi) is 6.47. The molecule has 1 aliphatic heterocycles. The van der Waals surface area contributed by atoms with Crippen molar-refractivity contribution in [2.24, 2.45) is 0 Å². The summed E-state index contributed by atoms with van der Waals surface area (Å²) in [5.74, 6) is 0.344. The van der Waals surface area contributed by atoms with Gasteiger partial charge in [-0.2, -0.15) is 5.10 Å². The molecule has 1 amide bonds. The Hall–Kier alpha value is -1.56. The number of amides is 1. The number of aromatic nitrogens is 2. The van der Waals surface area contributed by atoms with Crippen molar-refractivity contribution < 1.29 is 4.79 Å². The minimum absolute atomic E-state index is 0.0183. The Bertz CT molecular complexity index is 870. The lowest BCUT2D eigenvalue weighted by atomic mass is 10.0. The SMILES string of the molecule is CCCCN1CCC(NC(=O)c2cnn(-c3ccc(Cl)cc3Cl)c2C2CC2)CC1. The number of halogens is 2. The molecule has 0 atom stereocenters. The van der Waals surface area contributed by atoms with E-state index in [0.29, 0.717) is 21.5 Å². The molecule has 1 aliphatic carbocycles. The van der Waals surface area contributed by atoms with E-state index in [0.717, 1.165) is 56.7 Å². The molecular formula is C22H28Cl2N4O. The molecule has 0 spiro atoms. The summed E-state index contributed by atoms with van der Waals surface area (Å²) < 4.78 is 1.82. The minimum atomic E-state index is -0.0183. The lowest BCUT2D eigenvalue weighted by molar-refractivity contribution is 0.0909. The van der Waals surface area contributed by atoms with Crippen LogP contribution in [0.15, 0.2) is 24.4 Å². The third-order valence-electron chi connectivity index (χ3n) is 5.90. The first-order valence-electron chi connectivity index (χ1n) is 10.6. The summed E-state index contributed by atoms with van der Waals surface area (Å²) in [5, 5.41) is 8.89. The van der Waals surface area contributed by atoms with E-state index in [1.54, 1.807) is 18.3 Å². The molecule has 2 heterocycles. The second-order valence-electron chi connectivity index (χ2n) is 8.17. The van der Waals surface area contributed by atoms with Crippen LogP contribution < -0.4 is 5.32 Å². The van der Waals surface area contributed by atoms with Crippen LogP contribution in [0.5, 0.6) is 0 Å². The van der Waals surface area contributed by atoms with Crippen molar-refractivity contribution in [3.05, 3.63) is 45.7 Å². The van der Waals surface area contributed by atoms with Crippen LogP contribution in [-0.4, -0.2) is 46.3 Å². The smallest absolute Gasteiger partial charge is 0.255 e. The lowest BCUT2D eigenvalue weighted by Crippen LogP contribution is -2.45. The fraction of sp³-hybridized carbons (Fsp3) is 0.545. The zero-order valence-electron chi connectivity index (χ0n) is 16.8. The Morgan fingerprint density at radius 3 is 2.62 bits per heavy atom. The van der Waals surface area contributed by atoms with E-state index in [-0.39, 0.29) is 11.9 Å². The lowest BCUT2D eigenvalue weighted by Gasteiger charge is -2.32. The van der Waals surface area contributed by atoms with Gasteiger partial charge in [0.25, 0.3) is 5.91 Å². The molecule has 29 heavy (non-hydrogen) atoms. The van der Waals surface area contributed by atoms with Crippen LogP contribution in [0.3, 0.4) is 0 Å². The average molecular weight is 435 g/mol. The summed E-state index contributed by atoms with van der Waals surface area (Å²) in [4.78, 5) is 15.6. The highest BCUT2D eigenvalue weighted by atomic mass is 35.5. The van der Waals surface area contributed by atoms with Crippen molar-refractivity contribution in [2.75, 3.05) is 19.6 Å². The van der Waals surface area contributed by atoms with E-state index in [9.17, 15) is 4.79 Å². The number of unbranched alkanes of at least 4 members (excludes halogenated alkanes) is 1. The van der Waals surface area contributed by atoms with Gasteiger partial charge in [-0.3, -0.25) is 4.79 Å². The van der Waals surface area contributed by atoms with Crippen LogP contribution in [0.1, 0.15) is 67.4 Å². The van der Waals surface area contributed by atoms with Gasteiger partial charge in [-0.15, -0.1) is 0 Å². The average Bonchev–Trinajstić information content (AvgIpc) is 3.46. The van der Waals surface area contributed by atoms with Crippen LogP contribution in [-0.2, 0) is 0 Å². The van der Waals surface area contributed by atoms with E-state index in [2.05, 4.69) is 22.2 Å². The molecule has 0 unspecified atom stereocenters. The van der Waals surface area contributed by atoms with Crippen LogP contribution in [0, 0.1) is 0 Å². The Balaban J connectivity index is 1.48. The molecule has 1 aromatic heterocycles. The summed E-state index contributed by atoms with van der Waals surface area (Å²) in [6.07, 6.45) is 8.32. The van der Waals surface area contributed by atoms with Crippen molar-refractivity contribution in [1.29, 1.82) is 0 Å². The fourth-order valence-corrected chi connectivity index (χ4v) is 4.56. The number of nitrogens with one attached hydrogen (secondary N) is 1. The van der Waals surface area contributed by atoms with Gasteiger partial charge < -0.3 is 10.2 Å². The third kappa shape index (κ3) is 4.79. The molecule has 2 aliphatic rings. The van der Waals surface area contributed by atoms with Crippen LogP contribution >= 0.6 is 23.2 Å². The molecular weight excluding hydrogens is 407 g/mol. The predicted molar refractivity (Wildman–Crippen MR) is 117 cm³/mol. The fourth-order valence-electron chi connectivity index (χ4n) is 4.07. The normalized spacial score (nSPS) is 18.2. The molecule has 0 bridgehead atoms. The molecule has 1 saturated heterocycles.